The normalized spacial score (nSPS) is 19.2. The molecule has 15 heteroatoms. The van der Waals surface area contributed by atoms with Crippen molar-refractivity contribution < 1.29 is 58.6 Å². The summed E-state index contributed by atoms with van der Waals surface area (Å²) in [5.41, 5.74) is -5.62. The number of methoxy groups -OCH3 is 1. The Labute approximate surface area is 253 Å². The van der Waals surface area contributed by atoms with Gasteiger partial charge < -0.3 is 9.47 Å². The van der Waals surface area contributed by atoms with Crippen molar-refractivity contribution in [3.8, 4) is 0 Å². The number of carbonyl (C=O) groups is 2. The van der Waals surface area contributed by atoms with Crippen molar-refractivity contribution in [3.63, 3.8) is 0 Å². The largest absolute Gasteiger partial charge is 0.453 e. The molecule has 2 amide bonds. The summed E-state index contributed by atoms with van der Waals surface area (Å²) in [6, 6.07) is 1.31. The smallest absolute Gasteiger partial charge is 0.416 e. The molecule has 0 bridgehead atoms. The number of amides is 2. The minimum Gasteiger partial charge on any atom is -0.453 e. The molecule has 1 aliphatic carbocycles. The van der Waals surface area contributed by atoms with E-state index in [9.17, 15) is 49.1 Å². The van der Waals surface area contributed by atoms with Crippen molar-refractivity contribution in [1.29, 1.82) is 0 Å². The molecule has 1 aliphatic heterocycles. The van der Waals surface area contributed by atoms with E-state index in [2.05, 4.69) is 0 Å². The third kappa shape index (κ3) is 7.96. The van der Waals surface area contributed by atoms with Crippen LogP contribution in [0.2, 0.25) is 0 Å². The van der Waals surface area contributed by atoms with E-state index >= 15 is 0 Å². The number of nitrogens with zero attached hydrogens (tertiary/aromatic N) is 2. The first-order chi connectivity index (χ1) is 20.6. The highest BCUT2D eigenvalue weighted by Gasteiger charge is 2.48. The van der Waals surface area contributed by atoms with Gasteiger partial charge >= 0.3 is 30.7 Å². The fourth-order valence-electron chi connectivity index (χ4n) is 5.34. The Morgan fingerprint density at radius 2 is 1.40 bits per heavy atom. The van der Waals surface area contributed by atoms with E-state index in [1.54, 1.807) is 20.8 Å². The van der Waals surface area contributed by atoms with Crippen LogP contribution in [0.4, 0.5) is 54.8 Å². The number of fused-ring (bicyclic) bond motifs is 1. The van der Waals surface area contributed by atoms with E-state index in [0.29, 0.717) is 25.0 Å². The number of hydrogen-bond acceptors (Lipinski definition) is 4. The first kappa shape index (κ1) is 34.2. The van der Waals surface area contributed by atoms with Crippen molar-refractivity contribution in [2.75, 3.05) is 18.6 Å². The van der Waals surface area contributed by atoms with Crippen molar-refractivity contribution in [3.05, 3.63) is 64.2 Å². The molecule has 1 saturated carbocycles. The quantitative estimate of drug-likeness (QED) is 0.302. The minimum atomic E-state index is -5.17. The van der Waals surface area contributed by atoms with Gasteiger partial charge in [0.1, 0.15) is 0 Å². The fraction of sp³-hybridized carbons (Fsp3) is 0.533. The molecule has 2 aliphatic rings. The second-order valence-electron chi connectivity index (χ2n) is 12.4. The predicted octanol–water partition coefficient (Wildman–Crippen LogP) is 9.22. The van der Waals surface area contributed by atoms with Crippen LogP contribution in [0.3, 0.4) is 0 Å². The molecule has 248 valence electrons. The van der Waals surface area contributed by atoms with Crippen LogP contribution in [0.15, 0.2) is 36.4 Å². The molecule has 2 atom stereocenters. The third-order valence-electron chi connectivity index (χ3n) is 7.55. The van der Waals surface area contributed by atoms with E-state index < -0.39 is 77.0 Å². The first-order valence-corrected chi connectivity index (χ1v) is 13.9. The van der Waals surface area contributed by atoms with Crippen molar-refractivity contribution in [2.24, 2.45) is 11.3 Å². The second-order valence-corrected chi connectivity index (χ2v) is 12.4. The van der Waals surface area contributed by atoms with Gasteiger partial charge in [-0.1, -0.05) is 20.8 Å². The van der Waals surface area contributed by atoms with Gasteiger partial charge in [0.15, 0.2) is 0 Å². The Balaban J connectivity index is 1.87. The molecule has 0 unspecified atom stereocenters. The maximum absolute atomic E-state index is 13.9. The molecular formula is C30H31F9N2O4. The molecule has 6 nitrogen and oxygen atoms in total. The zero-order valence-corrected chi connectivity index (χ0v) is 24.7. The van der Waals surface area contributed by atoms with E-state index in [4.69, 9.17) is 9.47 Å². The van der Waals surface area contributed by atoms with E-state index in [-0.39, 0.29) is 36.3 Å². The van der Waals surface area contributed by atoms with Crippen molar-refractivity contribution in [2.45, 2.75) is 77.2 Å². The zero-order chi connectivity index (χ0) is 33.7. The maximum Gasteiger partial charge on any atom is 0.416 e. The Kier molecular flexibility index (Phi) is 9.08. The van der Waals surface area contributed by atoms with Crippen LogP contribution in [-0.4, -0.2) is 36.8 Å². The number of carbonyl (C=O) groups excluding carboxylic acids is 2. The molecule has 0 saturated heterocycles. The summed E-state index contributed by atoms with van der Waals surface area (Å²) in [6.07, 6.45) is -16.1. The van der Waals surface area contributed by atoms with Gasteiger partial charge in [0, 0.05) is 12.6 Å². The van der Waals surface area contributed by atoms with Gasteiger partial charge in [0.25, 0.3) is 0 Å². The summed E-state index contributed by atoms with van der Waals surface area (Å²) in [5, 5.41) is 0. The van der Waals surface area contributed by atoms with Crippen LogP contribution < -0.4 is 4.90 Å². The molecule has 0 spiro atoms. The van der Waals surface area contributed by atoms with Crippen LogP contribution >= 0.6 is 0 Å². The number of hydrogen-bond donors (Lipinski definition) is 0. The lowest BCUT2D eigenvalue weighted by atomic mass is 9.86. The number of ether oxygens (including phenoxy) is 2. The summed E-state index contributed by atoms with van der Waals surface area (Å²) in [6.45, 7) is 4.53. The Morgan fingerprint density at radius 3 is 1.87 bits per heavy atom. The van der Waals surface area contributed by atoms with Gasteiger partial charge in [0.2, 0.25) is 0 Å². The standard InChI is InChI=1S/C30H31F9N2O4/c1-27(2,3)15-45-26(43)41-22-8-7-18(28(31,32)33)12-21(22)24(13-23(41)17-5-6-17)40(25(42)44-4)14-16-9-19(29(34,35)36)11-20(10-16)30(37,38)39/h7-12,17,23-24H,5-6,13-15H2,1-4H3/t23-,24-/m1/s1. The van der Waals surface area contributed by atoms with Gasteiger partial charge in [-0.3, -0.25) is 9.80 Å². The molecule has 2 aromatic carbocycles. The Bertz CT molecular complexity index is 1390. The van der Waals surface area contributed by atoms with Gasteiger partial charge in [-0.25, -0.2) is 9.59 Å². The van der Waals surface area contributed by atoms with Gasteiger partial charge in [-0.15, -0.1) is 0 Å². The molecule has 0 N–H and O–H groups in total. The van der Waals surface area contributed by atoms with Crippen LogP contribution in [-0.2, 0) is 34.5 Å². The summed E-state index contributed by atoms with van der Waals surface area (Å²) in [5.74, 6) is -0.144. The lowest BCUT2D eigenvalue weighted by molar-refractivity contribution is -0.143. The number of benzene rings is 2. The maximum atomic E-state index is 13.9. The average Bonchev–Trinajstić information content (AvgIpc) is 3.77. The monoisotopic (exact) mass is 654 g/mol. The highest BCUT2D eigenvalue weighted by Crippen LogP contribution is 2.50. The van der Waals surface area contributed by atoms with E-state index in [1.807, 2.05) is 0 Å². The molecule has 0 radical (unpaired) electrons. The Hall–Kier alpha value is -3.65. The van der Waals surface area contributed by atoms with E-state index in [0.717, 1.165) is 30.2 Å². The highest BCUT2D eigenvalue weighted by atomic mass is 19.4. The van der Waals surface area contributed by atoms with Crippen molar-refractivity contribution >= 4 is 17.9 Å². The molecular weight excluding hydrogens is 623 g/mol. The molecule has 1 fully saturated rings. The van der Waals surface area contributed by atoms with Crippen LogP contribution in [0.1, 0.15) is 73.9 Å². The average molecular weight is 655 g/mol. The fourth-order valence-corrected chi connectivity index (χ4v) is 5.34. The van der Waals surface area contributed by atoms with Gasteiger partial charge in [0.05, 0.1) is 42.1 Å². The summed E-state index contributed by atoms with van der Waals surface area (Å²) >= 11 is 0. The first-order valence-electron chi connectivity index (χ1n) is 13.9. The highest BCUT2D eigenvalue weighted by molar-refractivity contribution is 5.91. The SMILES string of the molecule is COC(=O)N(Cc1cc(C(F)(F)F)cc(C(F)(F)F)c1)[C@@H]1C[C@H](C2CC2)N(C(=O)OCC(C)(C)C)c2ccc(C(F)(F)F)cc21. The van der Waals surface area contributed by atoms with Gasteiger partial charge in [-0.2, -0.15) is 39.5 Å². The third-order valence-corrected chi connectivity index (χ3v) is 7.55. The molecule has 4 rings (SSSR count). The number of anilines is 1. The summed E-state index contributed by atoms with van der Waals surface area (Å²) < 4.78 is 133. The van der Waals surface area contributed by atoms with Crippen molar-refractivity contribution in [1.82, 2.24) is 4.90 Å². The zero-order valence-electron chi connectivity index (χ0n) is 24.7. The number of halogens is 9. The molecule has 2 aromatic rings. The molecule has 1 heterocycles. The number of rotatable bonds is 5. The lowest BCUT2D eigenvalue weighted by Gasteiger charge is -2.44. The van der Waals surface area contributed by atoms with Crippen LogP contribution in [0.5, 0.6) is 0 Å². The predicted molar refractivity (Wildman–Crippen MR) is 143 cm³/mol. The molecule has 45 heavy (non-hydrogen) atoms. The number of alkyl halides is 9. The lowest BCUT2D eigenvalue weighted by Crippen LogP contribution is -2.50. The second kappa shape index (κ2) is 11.9. The topological polar surface area (TPSA) is 59.1 Å². The Morgan fingerprint density at radius 1 is 0.844 bits per heavy atom. The van der Waals surface area contributed by atoms with Gasteiger partial charge in [-0.05, 0) is 78.1 Å². The van der Waals surface area contributed by atoms with Crippen LogP contribution in [0.25, 0.3) is 0 Å². The minimum absolute atomic E-state index is 0.0233. The van der Waals surface area contributed by atoms with E-state index in [1.165, 1.54) is 4.90 Å². The summed E-state index contributed by atoms with van der Waals surface area (Å²) in [7, 11) is 0.924. The van der Waals surface area contributed by atoms with Crippen LogP contribution in [0, 0.1) is 11.3 Å². The summed E-state index contributed by atoms with van der Waals surface area (Å²) in [4.78, 5) is 28.6. The molecule has 0 aromatic heterocycles.